The molecule has 2 saturated carbocycles. The second-order valence-electron chi connectivity index (χ2n) is 6.70. The Bertz CT molecular complexity index is 260. The summed E-state index contributed by atoms with van der Waals surface area (Å²) in [6.07, 6.45) is 12.0. The molecule has 0 aromatic carbocycles. The molecule has 2 nitrogen and oxygen atoms in total. The number of amidine groups is 1. The largest absolute Gasteiger partial charge is 0.357 e. The predicted octanol–water partition coefficient (Wildman–Crippen LogP) is 4.44. The Morgan fingerprint density at radius 3 is 2.11 bits per heavy atom. The summed E-state index contributed by atoms with van der Waals surface area (Å²) in [6, 6.07) is 0.682. The van der Waals surface area contributed by atoms with Gasteiger partial charge in [-0.05, 0) is 31.6 Å². The van der Waals surface area contributed by atoms with Gasteiger partial charge in [0, 0.05) is 18.5 Å². The van der Waals surface area contributed by atoms with Crippen molar-refractivity contribution in [3.05, 3.63) is 0 Å². The number of hydrogen-bond donors (Lipinski definition) is 1. The zero-order valence-corrected chi connectivity index (χ0v) is 12.3. The fourth-order valence-electron chi connectivity index (χ4n) is 3.66. The third-order valence-electron chi connectivity index (χ3n) is 4.63. The summed E-state index contributed by atoms with van der Waals surface area (Å²) in [5.74, 6) is 2.22. The van der Waals surface area contributed by atoms with Gasteiger partial charge in [0.05, 0.1) is 5.84 Å². The number of nitrogens with one attached hydrogen (secondary N) is 1. The first-order valence-electron chi connectivity index (χ1n) is 8.03. The van der Waals surface area contributed by atoms with Gasteiger partial charge >= 0.3 is 0 Å². The smallest absolute Gasteiger partial charge is 0.0992 e. The maximum atomic E-state index is 8.62. The summed E-state index contributed by atoms with van der Waals surface area (Å²) < 4.78 is 0. The molecular weight excluding hydrogens is 220 g/mol. The third-order valence-corrected chi connectivity index (χ3v) is 4.63. The molecule has 0 unspecified atom stereocenters. The Kier molecular flexibility index (Phi) is 5.08. The van der Waals surface area contributed by atoms with Crippen LogP contribution in [-0.4, -0.2) is 23.3 Å². The molecule has 0 aromatic heterocycles. The van der Waals surface area contributed by atoms with Crippen LogP contribution in [0.15, 0.2) is 0 Å². The molecule has 0 bridgehead atoms. The van der Waals surface area contributed by atoms with Crippen molar-refractivity contribution in [1.82, 2.24) is 4.90 Å². The Morgan fingerprint density at radius 2 is 1.56 bits per heavy atom. The molecule has 0 radical (unpaired) electrons. The Hall–Kier alpha value is -0.530. The van der Waals surface area contributed by atoms with Crippen molar-refractivity contribution in [2.45, 2.75) is 77.7 Å². The maximum absolute atomic E-state index is 8.62. The van der Waals surface area contributed by atoms with Crippen LogP contribution in [0.25, 0.3) is 0 Å². The van der Waals surface area contributed by atoms with Gasteiger partial charge in [-0.1, -0.05) is 46.0 Å². The summed E-state index contributed by atoms with van der Waals surface area (Å²) in [7, 11) is 0. The molecule has 2 heteroatoms. The molecule has 0 amide bonds. The zero-order chi connectivity index (χ0) is 13.0. The van der Waals surface area contributed by atoms with Crippen LogP contribution in [-0.2, 0) is 0 Å². The van der Waals surface area contributed by atoms with E-state index in [2.05, 4.69) is 18.7 Å². The topological polar surface area (TPSA) is 27.1 Å². The van der Waals surface area contributed by atoms with Crippen LogP contribution in [0.1, 0.15) is 71.6 Å². The molecule has 2 rings (SSSR count). The van der Waals surface area contributed by atoms with E-state index in [0.717, 1.165) is 12.4 Å². The summed E-state index contributed by atoms with van der Waals surface area (Å²) in [5.41, 5.74) is 0. The standard InChI is InChI=1S/C16H30N2/c1-13(2)12-18(15-10-6-7-11-15)16(17)14-8-4-3-5-9-14/h13-15,17H,3-12H2,1-2H3. The highest BCUT2D eigenvalue weighted by molar-refractivity contribution is 5.82. The van der Waals surface area contributed by atoms with E-state index in [1.807, 2.05) is 0 Å². The number of nitrogens with zero attached hydrogens (tertiary/aromatic N) is 1. The quantitative estimate of drug-likeness (QED) is 0.579. The van der Waals surface area contributed by atoms with Crippen molar-refractivity contribution < 1.29 is 0 Å². The second kappa shape index (κ2) is 6.58. The van der Waals surface area contributed by atoms with Crippen LogP contribution in [0.2, 0.25) is 0 Å². The van der Waals surface area contributed by atoms with Crippen LogP contribution in [0, 0.1) is 17.2 Å². The third kappa shape index (κ3) is 3.49. The summed E-state index contributed by atoms with van der Waals surface area (Å²) >= 11 is 0. The molecule has 0 spiro atoms. The molecular formula is C16H30N2. The van der Waals surface area contributed by atoms with Gasteiger partial charge in [-0.25, -0.2) is 0 Å². The minimum absolute atomic E-state index is 0.568. The second-order valence-corrected chi connectivity index (χ2v) is 6.70. The van der Waals surface area contributed by atoms with E-state index in [0.29, 0.717) is 17.9 Å². The highest BCUT2D eigenvalue weighted by Crippen LogP contribution is 2.30. The van der Waals surface area contributed by atoms with Crippen LogP contribution >= 0.6 is 0 Å². The molecule has 0 heterocycles. The van der Waals surface area contributed by atoms with Crippen LogP contribution in [0.3, 0.4) is 0 Å². The van der Waals surface area contributed by atoms with Gasteiger partial charge in [0.1, 0.15) is 0 Å². The Morgan fingerprint density at radius 1 is 1.00 bits per heavy atom. The first-order chi connectivity index (χ1) is 8.68. The van der Waals surface area contributed by atoms with Gasteiger partial charge in [0.25, 0.3) is 0 Å². The van der Waals surface area contributed by atoms with Crippen LogP contribution in [0.4, 0.5) is 0 Å². The normalized spacial score (nSPS) is 22.6. The van der Waals surface area contributed by atoms with Crippen LogP contribution < -0.4 is 0 Å². The molecule has 2 fully saturated rings. The zero-order valence-electron chi connectivity index (χ0n) is 12.3. The van der Waals surface area contributed by atoms with Gasteiger partial charge in [-0.2, -0.15) is 0 Å². The van der Waals surface area contributed by atoms with Gasteiger partial charge < -0.3 is 4.90 Å². The van der Waals surface area contributed by atoms with Gasteiger partial charge in [0.15, 0.2) is 0 Å². The number of hydrogen-bond acceptors (Lipinski definition) is 1. The minimum Gasteiger partial charge on any atom is -0.357 e. The van der Waals surface area contributed by atoms with Crippen molar-refractivity contribution in [3.63, 3.8) is 0 Å². The molecule has 2 aliphatic rings. The lowest BCUT2D eigenvalue weighted by atomic mass is 9.87. The molecule has 0 saturated heterocycles. The Balaban J connectivity index is 1.99. The minimum atomic E-state index is 0.568. The highest BCUT2D eigenvalue weighted by Gasteiger charge is 2.29. The molecule has 0 aliphatic heterocycles. The molecule has 1 N–H and O–H groups in total. The summed E-state index contributed by atoms with van der Waals surface area (Å²) in [5, 5.41) is 8.62. The van der Waals surface area contributed by atoms with Crippen molar-refractivity contribution in [1.29, 1.82) is 5.41 Å². The van der Waals surface area contributed by atoms with E-state index < -0.39 is 0 Å². The lowest BCUT2D eigenvalue weighted by Crippen LogP contribution is -2.44. The van der Waals surface area contributed by atoms with Crippen molar-refractivity contribution in [2.24, 2.45) is 11.8 Å². The molecule has 0 atom stereocenters. The molecule has 104 valence electrons. The van der Waals surface area contributed by atoms with Crippen LogP contribution in [0.5, 0.6) is 0 Å². The fraction of sp³-hybridized carbons (Fsp3) is 0.938. The SMILES string of the molecule is CC(C)CN(C(=N)C1CCCCC1)C1CCCC1. The van der Waals surface area contributed by atoms with E-state index in [-0.39, 0.29) is 0 Å². The van der Waals surface area contributed by atoms with Crippen molar-refractivity contribution in [3.8, 4) is 0 Å². The van der Waals surface area contributed by atoms with E-state index in [9.17, 15) is 0 Å². The first-order valence-corrected chi connectivity index (χ1v) is 8.03. The van der Waals surface area contributed by atoms with E-state index >= 15 is 0 Å². The fourth-order valence-corrected chi connectivity index (χ4v) is 3.66. The summed E-state index contributed by atoms with van der Waals surface area (Å²) in [6.45, 7) is 5.67. The molecule has 18 heavy (non-hydrogen) atoms. The first kappa shape index (κ1) is 13.9. The van der Waals surface area contributed by atoms with Gasteiger partial charge in [-0.3, -0.25) is 5.41 Å². The average Bonchev–Trinajstić information content (AvgIpc) is 2.89. The molecule has 2 aliphatic carbocycles. The monoisotopic (exact) mass is 250 g/mol. The van der Waals surface area contributed by atoms with Crippen molar-refractivity contribution >= 4 is 5.84 Å². The predicted molar refractivity (Wildman–Crippen MR) is 78.1 cm³/mol. The van der Waals surface area contributed by atoms with Gasteiger partial charge in [0.2, 0.25) is 0 Å². The lowest BCUT2D eigenvalue weighted by Gasteiger charge is -2.37. The Labute approximate surface area is 113 Å². The van der Waals surface area contributed by atoms with E-state index in [1.54, 1.807) is 0 Å². The maximum Gasteiger partial charge on any atom is 0.0992 e. The van der Waals surface area contributed by atoms with Gasteiger partial charge in [-0.15, -0.1) is 0 Å². The molecule has 0 aromatic rings. The van der Waals surface area contributed by atoms with E-state index in [1.165, 1.54) is 57.8 Å². The lowest BCUT2D eigenvalue weighted by molar-refractivity contribution is 0.257. The summed E-state index contributed by atoms with van der Waals surface area (Å²) in [4.78, 5) is 2.48. The van der Waals surface area contributed by atoms with E-state index in [4.69, 9.17) is 5.41 Å². The van der Waals surface area contributed by atoms with Crippen molar-refractivity contribution in [2.75, 3.05) is 6.54 Å². The average molecular weight is 250 g/mol. The highest BCUT2D eigenvalue weighted by atomic mass is 15.2. The number of rotatable bonds is 4.